The van der Waals surface area contributed by atoms with Crippen molar-refractivity contribution < 1.29 is 8.83 Å². The number of hydrogen-bond donors (Lipinski definition) is 0. The Morgan fingerprint density at radius 2 is 0.714 bits per heavy atom. The van der Waals surface area contributed by atoms with Gasteiger partial charge in [0.2, 0.25) is 0 Å². The fourth-order valence-corrected chi connectivity index (χ4v) is 11.7. The van der Waals surface area contributed by atoms with Crippen molar-refractivity contribution in [2.24, 2.45) is 0 Å². The van der Waals surface area contributed by atoms with Gasteiger partial charge in [0.05, 0.1) is 5.41 Å². The van der Waals surface area contributed by atoms with E-state index in [0.29, 0.717) is 0 Å². The van der Waals surface area contributed by atoms with Gasteiger partial charge >= 0.3 is 0 Å². The Balaban J connectivity index is 0.927. The number of furan rings is 2. The maximum absolute atomic E-state index is 6.69. The van der Waals surface area contributed by atoms with Gasteiger partial charge < -0.3 is 8.83 Å². The van der Waals surface area contributed by atoms with Crippen LogP contribution in [0.1, 0.15) is 22.3 Å². The van der Waals surface area contributed by atoms with Gasteiger partial charge in [0.25, 0.3) is 0 Å². The molecule has 63 heavy (non-hydrogen) atoms. The van der Waals surface area contributed by atoms with Crippen molar-refractivity contribution >= 4 is 76.2 Å². The summed E-state index contributed by atoms with van der Waals surface area (Å²) < 4.78 is 13.3. The lowest BCUT2D eigenvalue weighted by Crippen LogP contribution is -2.26. The van der Waals surface area contributed by atoms with Gasteiger partial charge in [-0.2, -0.15) is 0 Å². The molecule has 0 atom stereocenters. The van der Waals surface area contributed by atoms with Crippen LogP contribution in [0.5, 0.6) is 0 Å². The summed E-state index contributed by atoms with van der Waals surface area (Å²) in [6, 6.07) is 76.2. The zero-order valence-electron chi connectivity index (χ0n) is 33.9. The molecule has 0 saturated heterocycles. The second-order valence-corrected chi connectivity index (χ2v) is 17.5. The summed E-state index contributed by atoms with van der Waals surface area (Å²) in [5.41, 5.74) is 18.4. The van der Waals surface area contributed by atoms with E-state index in [1.807, 2.05) is 0 Å². The number of fused-ring (bicyclic) bond motifs is 22. The van der Waals surface area contributed by atoms with Crippen molar-refractivity contribution in [1.29, 1.82) is 0 Å². The second kappa shape index (κ2) is 12.0. The van der Waals surface area contributed by atoms with Crippen LogP contribution >= 0.6 is 0 Å². The van der Waals surface area contributed by atoms with Crippen molar-refractivity contribution in [3.05, 3.63) is 229 Å². The van der Waals surface area contributed by atoms with Crippen molar-refractivity contribution in [3.8, 4) is 44.5 Å². The zero-order valence-corrected chi connectivity index (χ0v) is 33.9. The molecule has 0 aliphatic heterocycles. The molecule has 2 heteroatoms. The summed E-state index contributed by atoms with van der Waals surface area (Å²) in [5, 5.41) is 11.7. The van der Waals surface area contributed by atoms with Gasteiger partial charge in [-0.05, 0) is 137 Å². The average molecular weight is 799 g/mol. The average Bonchev–Trinajstić information content (AvgIpc) is 4.08. The Morgan fingerprint density at radius 1 is 0.270 bits per heavy atom. The Hall–Kier alpha value is -8.20. The van der Waals surface area contributed by atoms with Crippen molar-refractivity contribution in [2.75, 3.05) is 0 Å². The van der Waals surface area contributed by atoms with Crippen LogP contribution in [0, 0.1) is 0 Å². The molecule has 15 rings (SSSR count). The van der Waals surface area contributed by atoms with Gasteiger partial charge in [-0.25, -0.2) is 0 Å². The van der Waals surface area contributed by atoms with Crippen molar-refractivity contribution in [3.63, 3.8) is 0 Å². The summed E-state index contributed by atoms with van der Waals surface area (Å²) in [7, 11) is 0. The molecule has 0 saturated carbocycles. The monoisotopic (exact) mass is 798 g/mol. The van der Waals surface area contributed by atoms with Crippen LogP contribution in [0.15, 0.2) is 215 Å². The summed E-state index contributed by atoms with van der Waals surface area (Å²) in [6.45, 7) is 0. The lowest BCUT2D eigenvalue weighted by atomic mass is 9.69. The first kappa shape index (κ1) is 33.5. The van der Waals surface area contributed by atoms with Crippen LogP contribution < -0.4 is 0 Å². The van der Waals surface area contributed by atoms with Gasteiger partial charge in [0.1, 0.15) is 22.3 Å². The van der Waals surface area contributed by atoms with Gasteiger partial charge in [0, 0.05) is 32.3 Å². The molecule has 2 aliphatic carbocycles. The highest BCUT2D eigenvalue weighted by Gasteiger charge is 2.52. The van der Waals surface area contributed by atoms with Crippen LogP contribution in [0.25, 0.3) is 121 Å². The van der Waals surface area contributed by atoms with Crippen LogP contribution in [0.2, 0.25) is 0 Å². The molecule has 0 N–H and O–H groups in total. The molecule has 11 aromatic carbocycles. The minimum Gasteiger partial charge on any atom is -0.455 e. The molecule has 0 fully saturated rings. The van der Waals surface area contributed by atoms with Crippen LogP contribution in [0.3, 0.4) is 0 Å². The summed E-state index contributed by atoms with van der Waals surface area (Å²) >= 11 is 0. The highest BCUT2D eigenvalue weighted by Crippen LogP contribution is 2.64. The highest BCUT2D eigenvalue weighted by molar-refractivity contribution is 6.17. The smallest absolute Gasteiger partial charge is 0.143 e. The number of benzene rings is 11. The Labute approximate surface area is 361 Å². The highest BCUT2D eigenvalue weighted by atomic mass is 16.3. The van der Waals surface area contributed by atoms with Gasteiger partial charge in [0.15, 0.2) is 0 Å². The quantitative estimate of drug-likeness (QED) is 0.174. The maximum atomic E-state index is 6.69. The predicted octanol–water partition coefficient (Wildman–Crippen LogP) is 16.6. The molecule has 290 valence electrons. The third-order valence-corrected chi connectivity index (χ3v) is 14.5. The fourth-order valence-electron chi connectivity index (χ4n) is 11.7. The third-order valence-electron chi connectivity index (χ3n) is 14.5. The van der Waals surface area contributed by atoms with E-state index in [9.17, 15) is 0 Å². The van der Waals surface area contributed by atoms with Crippen LogP contribution in [-0.2, 0) is 5.41 Å². The van der Waals surface area contributed by atoms with Gasteiger partial charge in [-0.15, -0.1) is 0 Å². The summed E-state index contributed by atoms with van der Waals surface area (Å²) in [5.74, 6) is 0. The van der Waals surface area contributed by atoms with Crippen molar-refractivity contribution in [2.45, 2.75) is 5.41 Å². The van der Waals surface area contributed by atoms with E-state index in [4.69, 9.17) is 8.83 Å². The molecule has 0 bridgehead atoms. The van der Waals surface area contributed by atoms with Crippen LogP contribution in [-0.4, -0.2) is 0 Å². The lowest BCUT2D eigenvalue weighted by Gasteiger charge is -2.31. The Kier molecular flexibility index (Phi) is 6.38. The summed E-state index contributed by atoms with van der Waals surface area (Å²) in [4.78, 5) is 0. The third kappa shape index (κ3) is 4.32. The van der Waals surface area contributed by atoms with E-state index >= 15 is 0 Å². The molecule has 0 amide bonds. The molecule has 1 spiro atoms. The molecular weight excluding hydrogens is 765 g/mol. The van der Waals surface area contributed by atoms with E-state index in [1.54, 1.807) is 0 Å². The lowest BCUT2D eigenvalue weighted by molar-refractivity contribution is 0.672. The fraction of sp³-hybridized carbons (Fsp3) is 0.0164. The van der Waals surface area contributed by atoms with Gasteiger partial charge in [-0.1, -0.05) is 158 Å². The molecule has 2 heterocycles. The number of hydrogen-bond acceptors (Lipinski definition) is 2. The molecule has 13 aromatic rings. The van der Waals surface area contributed by atoms with E-state index in [-0.39, 0.29) is 0 Å². The topological polar surface area (TPSA) is 26.3 Å². The van der Waals surface area contributed by atoms with Crippen molar-refractivity contribution in [1.82, 2.24) is 0 Å². The van der Waals surface area contributed by atoms with Crippen LogP contribution in [0.4, 0.5) is 0 Å². The first-order chi connectivity index (χ1) is 31.2. The van der Waals surface area contributed by atoms with E-state index in [0.717, 1.165) is 65.8 Å². The maximum Gasteiger partial charge on any atom is 0.143 e. The minimum absolute atomic E-state index is 0.507. The zero-order chi connectivity index (χ0) is 41.0. The number of rotatable bonds is 2. The minimum atomic E-state index is -0.507. The van der Waals surface area contributed by atoms with E-state index in [1.165, 1.54) is 77.2 Å². The summed E-state index contributed by atoms with van der Waals surface area (Å²) in [6.07, 6.45) is 0. The largest absolute Gasteiger partial charge is 0.455 e. The SMILES string of the molecule is c1ccc2c(c1)-c1ccccc1C21c2cc(-c3ccc4c(c3)oc3c5ccccc5ccc43)ccc2-c2ccc3cc(-c4ccc5c(c4)oc4c6ccccc6ccc54)ccc3c21. The van der Waals surface area contributed by atoms with E-state index in [2.05, 4.69) is 206 Å². The molecular formula is C61H34O2. The molecule has 2 aromatic heterocycles. The second-order valence-electron chi connectivity index (χ2n) is 17.5. The normalized spacial score (nSPS) is 13.5. The first-order valence-corrected chi connectivity index (χ1v) is 21.8. The van der Waals surface area contributed by atoms with Gasteiger partial charge in [-0.3, -0.25) is 0 Å². The molecule has 0 unspecified atom stereocenters. The first-order valence-electron chi connectivity index (χ1n) is 21.8. The van der Waals surface area contributed by atoms with E-state index < -0.39 is 5.41 Å². The Morgan fingerprint density at radius 3 is 1.33 bits per heavy atom. The Bertz CT molecular complexity index is 4110. The standard InChI is InChI=1S/C61H34O2/c1-3-11-43-35(9-1)17-29-51-48-26-21-39(33-56(48)62-59(43)51)37-19-24-42-41(31-37)23-28-50-47-25-20-38(40-22-27-49-52-30-18-36-10-2-4-12-44(36)60(52)63-57(49)34-40)32-55(47)61(58(42)50)53-15-7-5-13-45(53)46-14-6-8-16-54(46)61/h1-34H. The molecule has 0 radical (unpaired) electrons. The molecule has 2 aliphatic rings. The molecule has 2 nitrogen and oxygen atoms in total. The predicted molar refractivity (Wildman–Crippen MR) is 261 cm³/mol.